The smallest absolute Gasteiger partial charge is 0.420 e. The summed E-state index contributed by atoms with van der Waals surface area (Å²) in [6.07, 6.45) is -1.20. The van der Waals surface area contributed by atoms with E-state index in [1.807, 2.05) is 11.0 Å². The average molecular weight is 825 g/mol. The Kier molecular flexibility index (Phi) is 9.67. The van der Waals surface area contributed by atoms with Crippen molar-refractivity contribution in [2.24, 2.45) is 5.92 Å². The van der Waals surface area contributed by atoms with Crippen LogP contribution in [0.25, 0.3) is 32.1 Å². The Bertz CT molecular complexity index is 2470. The summed E-state index contributed by atoms with van der Waals surface area (Å²) in [5.74, 6) is -2.75. The zero-order chi connectivity index (χ0) is 40.5. The van der Waals surface area contributed by atoms with E-state index in [-0.39, 0.29) is 82.3 Å². The second-order valence-electron chi connectivity index (χ2n) is 15.4. The normalized spacial score (nSPS) is 21.9. The largest absolute Gasteiger partial charge is 0.490 e. The van der Waals surface area contributed by atoms with E-state index in [4.69, 9.17) is 30.7 Å². The number of rotatable bonds is 8. The van der Waals surface area contributed by atoms with Crippen molar-refractivity contribution in [1.82, 2.24) is 19.9 Å². The van der Waals surface area contributed by atoms with E-state index in [1.165, 1.54) is 6.20 Å². The third-order valence-corrected chi connectivity index (χ3v) is 13.1. The number of benzene rings is 2. The van der Waals surface area contributed by atoms with E-state index in [1.54, 1.807) is 17.0 Å². The minimum atomic E-state index is -5.25. The molecule has 2 aromatic carbocycles. The number of thiophene rings is 1. The molecule has 9 rings (SSSR count). The highest BCUT2D eigenvalue weighted by Crippen LogP contribution is 2.54. The third-order valence-electron chi connectivity index (χ3n) is 12.1. The van der Waals surface area contributed by atoms with Gasteiger partial charge in [0.1, 0.15) is 64.7 Å². The molecule has 11 nitrogen and oxygen atoms in total. The van der Waals surface area contributed by atoms with Crippen LogP contribution in [-0.2, 0) is 10.9 Å². The van der Waals surface area contributed by atoms with Crippen LogP contribution in [-0.4, -0.2) is 77.6 Å². The summed E-state index contributed by atoms with van der Waals surface area (Å²) in [6.45, 7) is 1.61. The van der Waals surface area contributed by atoms with Crippen LogP contribution in [0.1, 0.15) is 61.3 Å². The fourth-order valence-electron chi connectivity index (χ4n) is 9.45. The first-order valence-electron chi connectivity index (χ1n) is 19.1. The van der Waals surface area contributed by atoms with Crippen molar-refractivity contribution in [2.75, 3.05) is 62.4 Å². The van der Waals surface area contributed by atoms with E-state index in [0.717, 1.165) is 31.4 Å². The van der Waals surface area contributed by atoms with Gasteiger partial charge in [-0.3, -0.25) is 4.90 Å². The fraction of sp³-hybridized carbons (Fsp3) is 0.450. The predicted molar refractivity (Wildman–Crippen MR) is 205 cm³/mol. The highest BCUT2D eigenvalue weighted by atomic mass is 32.1. The summed E-state index contributed by atoms with van der Waals surface area (Å²) in [6, 6.07) is 6.31. The second kappa shape index (κ2) is 14.6. The molecule has 58 heavy (non-hydrogen) atoms. The first kappa shape index (κ1) is 38.4. The van der Waals surface area contributed by atoms with Crippen molar-refractivity contribution >= 4 is 49.0 Å². The van der Waals surface area contributed by atoms with Crippen LogP contribution in [0.3, 0.4) is 0 Å². The summed E-state index contributed by atoms with van der Waals surface area (Å²) in [7, 11) is 0. The second-order valence-corrected chi connectivity index (χ2v) is 16.4. The standard InChI is InChI=1S/C40H38F6N8O3S/c41-21-16-39(8-2-10-53(39)18-21)19-57-38-51-32-29-33(30(40(44,45)46)28(31(32)43)23-4-5-25(42)34-27(23)24(17-47)36(49)58-34)56-14-11-54(37(29)52-38)26(15-20-6-12-55-13-7-20)22-3-1-9-50-35(22)48/h1,3-5,9,20-21,26H,2,6-8,10-16,18-19,49H2,(H2,48,50)/t21-,26-,39?/m1/s1. The molecule has 0 bridgehead atoms. The number of nitrogen functional groups attached to an aromatic ring is 2. The number of ether oxygens (including phenoxy) is 3. The van der Waals surface area contributed by atoms with Gasteiger partial charge in [0.2, 0.25) is 0 Å². The van der Waals surface area contributed by atoms with E-state index in [0.29, 0.717) is 49.5 Å². The summed E-state index contributed by atoms with van der Waals surface area (Å²) in [5.41, 5.74) is 8.73. The number of alkyl halides is 4. The lowest BCUT2D eigenvalue weighted by Crippen LogP contribution is -2.43. The Hall–Kier alpha value is -5.12. The van der Waals surface area contributed by atoms with Gasteiger partial charge < -0.3 is 30.6 Å². The summed E-state index contributed by atoms with van der Waals surface area (Å²) < 4.78 is 113. The third kappa shape index (κ3) is 6.38. The van der Waals surface area contributed by atoms with E-state index < -0.39 is 63.5 Å². The van der Waals surface area contributed by atoms with Gasteiger partial charge in [-0.15, -0.1) is 11.3 Å². The average Bonchev–Trinajstić information content (AvgIpc) is 3.80. The monoisotopic (exact) mass is 824 g/mol. The van der Waals surface area contributed by atoms with Crippen molar-refractivity contribution < 1.29 is 40.6 Å². The maximum Gasteiger partial charge on any atom is 0.420 e. The van der Waals surface area contributed by atoms with Crippen LogP contribution in [0, 0.1) is 28.9 Å². The number of pyridine rings is 1. The number of hydrogen-bond acceptors (Lipinski definition) is 12. The topological polar surface area (TPSA) is 149 Å². The van der Waals surface area contributed by atoms with Crippen molar-refractivity contribution in [3.8, 4) is 29.0 Å². The zero-order valence-corrected chi connectivity index (χ0v) is 31.9. The Morgan fingerprint density at radius 2 is 1.90 bits per heavy atom. The van der Waals surface area contributed by atoms with Crippen LogP contribution >= 0.6 is 11.3 Å². The van der Waals surface area contributed by atoms with E-state index >= 15 is 22.0 Å². The number of nitrogens with zero attached hydrogens (tertiary/aromatic N) is 6. The molecular weight excluding hydrogens is 787 g/mol. The molecule has 3 aromatic heterocycles. The Labute approximate surface area is 332 Å². The molecule has 3 atom stereocenters. The van der Waals surface area contributed by atoms with E-state index in [2.05, 4.69) is 9.97 Å². The van der Waals surface area contributed by atoms with Crippen molar-refractivity contribution in [3.63, 3.8) is 0 Å². The molecule has 0 spiro atoms. The predicted octanol–water partition coefficient (Wildman–Crippen LogP) is 7.95. The Balaban J connectivity index is 1.31. The van der Waals surface area contributed by atoms with Crippen LogP contribution < -0.4 is 25.8 Å². The molecule has 7 heterocycles. The van der Waals surface area contributed by atoms with Gasteiger partial charge in [0, 0.05) is 48.9 Å². The van der Waals surface area contributed by atoms with Gasteiger partial charge in [0.05, 0.1) is 33.8 Å². The number of hydrogen-bond donors (Lipinski definition) is 2. The van der Waals surface area contributed by atoms with Gasteiger partial charge in [-0.1, -0.05) is 12.1 Å². The first-order valence-corrected chi connectivity index (χ1v) is 19.9. The van der Waals surface area contributed by atoms with Crippen molar-refractivity contribution in [3.05, 3.63) is 58.8 Å². The van der Waals surface area contributed by atoms with Gasteiger partial charge in [0.15, 0.2) is 5.82 Å². The van der Waals surface area contributed by atoms with Gasteiger partial charge in [-0.05, 0) is 62.3 Å². The van der Waals surface area contributed by atoms with Gasteiger partial charge in [-0.25, -0.2) is 18.2 Å². The van der Waals surface area contributed by atoms with Gasteiger partial charge in [-0.2, -0.15) is 28.4 Å². The number of halogens is 6. The molecule has 4 aliphatic rings. The van der Waals surface area contributed by atoms with Gasteiger partial charge in [0.25, 0.3) is 0 Å². The minimum Gasteiger partial charge on any atom is -0.490 e. The molecule has 0 radical (unpaired) electrons. The maximum atomic E-state index is 17.7. The molecule has 0 aliphatic carbocycles. The molecule has 1 unspecified atom stereocenters. The number of anilines is 3. The van der Waals surface area contributed by atoms with Crippen LogP contribution in [0.2, 0.25) is 0 Å². The minimum absolute atomic E-state index is 0.0155. The molecular formula is C40H38F6N8O3S. The fourth-order valence-corrected chi connectivity index (χ4v) is 10.4. The number of fused-ring (bicyclic) bond motifs is 2. The highest BCUT2D eigenvalue weighted by molar-refractivity contribution is 7.23. The highest BCUT2D eigenvalue weighted by Gasteiger charge is 2.50. The molecule has 3 fully saturated rings. The SMILES string of the molecule is N#Cc1c(N)sc2c(F)ccc(-c3c(C(F)(F)F)c4c5c(nc(OCC67CCCN6C[C@H](F)C7)nc5c3F)N([C@H](CC3CCOCC3)c3cccnc3N)CCO4)c12. The molecule has 4 N–H and O–H groups in total. The molecule has 5 aromatic rings. The maximum absolute atomic E-state index is 17.7. The molecule has 18 heteroatoms. The zero-order valence-electron chi connectivity index (χ0n) is 31.0. The van der Waals surface area contributed by atoms with Crippen LogP contribution in [0.5, 0.6) is 11.8 Å². The molecule has 0 amide bonds. The summed E-state index contributed by atoms with van der Waals surface area (Å²) in [5, 5.41) is 9.26. The number of nitrogens with two attached hydrogens (primary N) is 2. The van der Waals surface area contributed by atoms with Crippen LogP contribution in [0.4, 0.5) is 43.0 Å². The Morgan fingerprint density at radius 1 is 1.09 bits per heavy atom. The number of aromatic nitrogens is 3. The molecule has 3 saturated heterocycles. The molecule has 4 aliphatic heterocycles. The Morgan fingerprint density at radius 3 is 2.66 bits per heavy atom. The van der Waals surface area contributed by atoms with E-state index in [9.17, 15) is 9.65 Å². The summed E-state index contributed by atoms with van der Waals surface area (Å²) in [4.78, 5) is 17.3. The summed E-state index contributed by atoms with van der Waals surface area (Å²) >= 11 is 0.673. The lowest BCUT2D eigenvalue weighted by molar-refractivity contribution is -0.138. The molecule has 304 valence electrons. The van der Waals surface area contributed by atoms with Crippen molar-refractivity contribution in [1.29, 1.82) is 5.26 Å². The number of nitriles is 1. The van der Waals surface area contributed by atoms with Gasteiger partial charge >= 0.3 is 12.2 Å². The molecule has 0 saturated carbocycles. The lowest BCUT2D eigenvalue weighted by Gasteiger charge is -2.36. The quantitative estimate of drug-likeness (QED) is 0.147. The lowest BCUT2D eigenvalue weighted by atomic mass is 9.88. The first-order chi connectivity index (χ1) is 27.9. The van der Waals surface area contributed by atoms with Crippen molar-refractivity contribution in [2.45, 2.75) is 62.5 Å². The van der Waals surface area contributed by atoms with Crippen LogP contribution in [0.15, 0.2) is 30.5 Å².